The first-order chi connectivity index (χ1) is 65.1. The molecule has 0 aliphatic heterocycles. The summed E-state index contributed by atoms with van der Waals surface area (Å²) in [6.07, 6.45) is 60.6. The fraction of sp³-hybridized carbons (Fsp3) is 0.603. The van der Waals surface area contributed by atoms with Crippen LogP contribution < -0.4 is 66.3 Å². The van der Waals surface area contributed by atoms with Gasteiger partial charge in [0.25, 0.3) is 0 Å². The van der Waals surface area contributed by atoms with Crippen LogP contribution in [0.1, 0.15) is 397 Å². The summed E-state index contributed by atoms with van der Waals surface area (Å²) in [6, 6.07) is 44.4. The fourth-order valence-corrected chi connectivity index (χ4v) is 16.1. The van der Waals surface area contributed by atoms with Gasteiger partial charge >= 0.3 is 0 Å². The normalized spacial score (nSPS) is 11.2. The van der Waals surface area contributed by atoms with Gasteiger partial charge in [-0.1, -0.05) is 312 Å². The first kappa shape index (κ1) is 108. The van der Waals surface area contributed by atoms with Crippen LogP contribution >= 0.6 is 0 Å². The highest BCUT2D eigenvalue weighted by atomic mass is 16.5. The van der Waals surface area contributed by atoms with Crippen LogP contribution in [0.5, 0.6) is 80.5 Å². The minimum absolute atomic E-state index is 0.197. The van der Waals surface area contributed by atoms with Crippen LogP contribution in [0.2, 0.25) is 0 Å². The lowest BCUT2D eigenvalue weighted by molar-refractivity contribution is 0.273. The minimum atomic E-state index is 0.197. The SMILES string of the molecule is CCCCCCCCOc1cc(COc2cc(COc3ccnc(-c4cc(OCc5cc(OCc6cc(OCCCCCCCC)cc(OCCCCCCCC)c6)cc(OCc6cc(OCCCCCCCC)cc(OCCCCCCCC)c6)c5)ccn4)c3)cc(OCc3cc(OCCCCCCCC)cc(OCCCCCCCC)c3)c2)cc(OCCCCCCCC)c1. The number of ether oxygens (including phenoxy) is 14. The maximum Gasteiger partial charge on any atom is 0.123 e. The second kappa shape index (κ2) is 70.5. The molecular weight excluding hydrogens is 1650 g/mol. The first-order valence-corrected chi connectivity index (χ1v) is 52.7. The van der Waals surface area contributed by atoms with Gasteiger partial charge in [0.15, 0.2) is 0 Å². The van der Waals surface area contributed by atoms with E-state index >= 15 is 0 Å². The number of unbranched alkanes of at least 4 members (excludes halogenated alkanes) is 40. The summed E-state index contributed by atoms with van der Waals surface area (Å²) < 4.78 is 92.5. The Bertz CT molecular complexity index is 3640. The fourth-order valence-electron chi connectivity index (χ4n) is 16.1. The predicted octanol–water partition coefficient (Wildman–Crippen LogP) is 33.5. The van der Waals surface area contributed by atoms with Crippen molar-refractivity contribution in [2.24, 2.45) is 0 Å². The standard InChI is InChI=1S/C116H172N2O14/c1-9-17-25-33-41-49-61-119-103-69-95(70-104(81-103)120-62-50-42-34-26-18-10-2)91-129-111-77-99(78-112(85-111)130-92-96-71-105(121-63-51-43-35-27-19-11-3)82-106(72-96)122-64-52-44-36-28-20-12-4)89-127-101-57-59-117-115(87-101)116-88-102(58-60-118-116)128-90-100-79-113(131-93-97-73-107(123-65-53-45-37-29-21-13-5)83-108(74-97)124-66-54-46-38-30-22-14-6)86-114(80-100)132-94-98-75-109(125-67-55-47-39-31-23-15-7)84-110(76-98)126-68-56-48-40-32-24-16-8/h57-60,69-88H,9-56,61-68,89-94H2,1-8H3. The number of hydrogen-bond acceptors (Lipinski definition) is 16. The monoisotopic (exact) mass is 1820 g/mol. The Labute approximate surface area is 798 Å². The van der Waals surface area contributed by atoms with Gasteiger partial charge in [-0.05, 0) is 170 Å². The van der Waals surface area contributed by atoms with Crippen molar-refractivity contribution >= 4 is 0 Å². The molecule has 2 heterocycles. The third-order valence-corrected chi connectivity index (χ3v) is 23.9. The summed E-state index contributed by atoms with van der Waals surface area (Å²) in [7, 11) is 0. The van der Waals surface area contributed by atoms with E-state index in [4.69, 9.17) is 76.3 Å². The van der Waals surface area contributed by atoms with E-state index < -0.39 is 0 Å². The smallest absolute Gasteiger partial charge is 0.123 e. The van der Waals surface area contributed by atoms with Gasteiger partial charge in [-0.15, -0.1) is 0 Å². The number of aromatic nitrogens is 2. The molecule has 0 spiro atoms. The zero-order valence-corrected chi connectivity index (χ0v) is 83.3. The Morgan fingerprint density at radius 2 is 0.280 bits per heavy atom. The van der Waals surface area contributed by atoms with E-state index in [1.54, 1.807) is 12.4 Å². The molecule has 2 aromatic heterocycles. The molecule has 16 heteroatoms. The summed E-state index contributed by atoms with van der Waals surface area (Å²) >= 11 is 0. The molecule has 0 aliphatic carbocycles. The molecule has 0 bridgehead atoms. The van der Waals surface area contributed by atoms with Crippen LogP contribution in [-0.2, 0) is 39.6 Å². The minimum Gasteiger partial charge on any atom is -0.493 e. The summed E-state index contributed by atoms with van der Waals surface area (Å²) in [5, 5.41) is 0. The van der Waals surface area contributed by atoms with Crippen molar-refractivity contribution in [1.29, 1.82) is 0 Å². The number of hydrogen-bond donors (Lipinski definition) is 0. The largest absolute Gasteiger partial charge is 0.493 e. The topological polar surface area (TPSA) is 155 Å². The second-order valence-corrected chi connectivity index (χ2v) is 36.3. The Morgan fingerprint density at radius 3 is 0.439 bits per heavy atom. The van der Waals surface area contributed by atoms with Crippen LogP contribution in [0.15, 0.2) is 146 Å². The van der Waals surface area contributed by atoms with E-state index in [1.165, 1.54) is 205 Å². The highest BCUT2D eigenvalue weighted by molar-refractivity contribution is 5.58. The Kier molecular flexibility index (Phi) is 57.8. The lowest BCUT2D eigenvalue weighted by atomic mass is 10.1. The van der Waals surface area contributed by atoms with Gasteiger partial charge < -0.3 is 66.3 Å². The number of rotatable bonds is 83. The molecular formula is C116H172N2O14. The quantitative estimate of drug-likeness (QED) is 0.0332. The molecule has 8 rings (SSSR count). The highest BCUT2D eigenvalue weighted by Crippen LogP contribution is 2.36. The van der Waals surface area contributed by atoms with Crippen LogP contribution in [0, 0.1) is 0 Å². The molecule has 0 atom stereocenters. The molecule has 6 aromatic carbocycles. The lowest BCUT2D eigenvalue weighted by Gasteiger charge is -2.16. The zero-order chi connectivity index (χ0) is 92.8. The van der Waals surface area contributed by atoms with Gasteiger partial charge in [0, 0.05) is 60.9 Å². The average Bonchev–Trinajstić information content (AvgIpc) is 0.852. The predicted molar refractivity (Wildman–Crippen MR) is 543 cm³/mol. The van der Waals surface area contributed by atoms with Crippen LogP contribution in [0.25, 0.3) is 11.4 Å². The molecule has 8 aromatic rings. The highest BCUT2D eigenvalue weighted by Gasteiger charge is 2.17. The van der Waals surface area contributed by atoms with Crippen molar-refractivity contribution in [2.45, 2.75) is 403 Å². The molecule has 0 saturated carbocycles. The molecule has 0 saturated heterocycles. The van der Waals surface area contributed by atoms with E-state index in [1.807, 2.05) is 84.9 Å². The molecule has 0 aliphatic rings. The van der Waals surface area contributed by atoms with Gasteiger partial charge in [0.1, 0.15) is 120 Å². The van der Waals surface area contributed by atoms with Gasteiger partial charge in [0.05, 0.1) is 64.2 Å². The molecule has 16 nitrogen and oxygen atoms in total. The summed E-state index contributed by atoms with van der Waals surface area (Å²) in [4.78, 5) is 9.68. The van der Waals surface area contributed by atoms with E-state index in [9.17, 15) is 0 Å². The number of nitrogens with zero attached hydrogens (tertiary/aromatic N) is 2. The Balaban J connectivity index is 1.04. The van der Waals surface area contributed by atoms with Gasteiger partial charge in [-0.2, -0.15) is 0 Å². The summed E-state index contributed by atoms with van der Waals surface area (Å²) in [6.45, 7) is 24.7. The molecule has 730 valence electrons. The van der Waals surface area contributed by atoms with Crippen molar-refractivity contribution < 1.29 is 66.3 Å². The van der Waals surface area contributed by atoms with Crippen molar-refractivity contribution in [3.8, 4) is 91.9 Å². The maximum absolute atomic E-state index is 6.82. The van der Waals surface area contributed by atoms with Gasteiger partial charge in [0.2, 0.25) is 0 Å². The van der Waals surface area contributed by atoms with E-state index in [0.717, 1.165) is 182 Å². The summed E-state index contributed by atoms with van der Waals surface area (Å²) in [5.41, 5.74) is 6.72. The maximum atomic E-state index is 6.82. The third kappa shape index (κ3) is 48.7. The van der Waals surface area contributed by atoms with Crippen molar-refractivity contribution in [3.63, 3.8) is 0 Å². The third-order valence-electron chi connectivity index (χ3n) is 23.9. The van der Waals surface area contributed by atoms with Crippen molar-refractivity contribution in [1.82, 2.24) is 9.97 Å². The summed E-state index contributed by atoms with van der Waals surface area (Å²) in [5.74, 6) is 10.0. The van der Waals surface area contributed by atoms with Gasteiger partial charge in [-0.25, -0.2) is 0 Å². The molecule has 0 radical (unpaired) electrons. The van der Waals surface area contributed by atoms with Crippen LogP contribution in [0.4, 0.5) is 0 Å². The van der Waals surface area contributed by atoms with E-state index in [0.29, 0.717) is 98.7 Å². The van der Waals surface area contributed by atoms with E-state index in [2.05, 4.69) is 104 Å². The molecule has 0 amide bonds. The molecule has 0 fully saturated rings. The van der Waals surface area contributed by atoms with Crippen LogP contribution in [-0.4, -0.2) is 62.8 Å². The molecule has 0 N–H and O–H groups in total. The first-order valence-electron chi connectivity index (χ1n) is 52.7. The molecule has 0 unspecified atom stereocenters. The van der Waals surface area contributed by atoms with Gasteiger partial charge in [-0.3, -0.25) is 9.97 Å². The van der Waals surface area contributed by atoms with Crippen molar-refractivity contribution in [3.05, 3.63) is 179 Å². The second-order valence-electron chi connectivity index (χ2n) is 36.3. The number of benzene rings is 6. The Morgan fingerprint density at radius 1 is 0.144 bits per heavy atom. The number of pyridine rings is 2. The van der Waals surface area contributed by atoms with Crippen molar-refractivity contribution in [2.75, 3.05) is 52.9 Å². The Hall–Kier alpha value is -9.18. The lowest BCUT2D eigenvalue weighted by Crippen LogP contribution is -2.04. The zero-order valence-electron chi connectivity index (χ0n) is 83.3. The average molecular weight is 1820 g/mol. The molecule has 132 heavy (non-hydrogen) atoms. The van der Waals surface area contributed by atoms with E-state index in [-0.39, 0.29) is 39.6 Å². The van der Waals surface area contributed by atoms with Crippen LogP contribution in [0.3, 0.4) is 0 Å².